The molecule has 1 amide bonds. The molecule has 2 fully saturated rings. The smallest absolute Gasteiger partial charge is 0.306 e. The van der Waals surface area contributed by atoms with Crippen molar-refractivity contribution in [3.8, 4) is 0 Å². The van der Waals surface area contributed by atoms with Crippen molar-refractivity contribution in [3.63, 3.8) is 0 Å². The van der Waals surface area contributed by atoms with Crippen LogP contribution in [0.25, 0.3) is 0 Å². The number of hydrogen-bond acceptors (Lipinski definition) is 6. The molecule has 0 aromatic heterocycles. The molecule has 4 atom stereocenters. The summed E-state index contributed by atoms with van der Waals surface area (Å²) in [5.41, 5.74) is -1.14. The second-order valence-corrected chi connectivity index (χ2v) is 14.6. The summed E-state index contributed by atoms with van der Waals surface area (Å²) in [4.78, 5) is 26.4. The fourth-order valence-electron chi connectivity index (χ4n) is 5.10. The zero-order valence-corrected chi connectivity index (χ0v) is 22.8. The normalized spacial score (nSPS) is 28.1. The number of hydrogen-bond donors (Lipinski definition) is 1. The molecule has 34 heavy (non-hydrogen) atoms. The van der Waals surface area contributed by atoms with Gasteiger partial charge in [0, 0.05) is 25.8 Å². The van der Waals surface area contributed by atoms with E-state index in [1.807, 2.05) is 19.9 Å². The molecule has 2 rings (SSSR count). The van der Waals surface area contributed by atoms with Crippen molar-refractivity contribution in [2.45, 2.75) is 121 Å². The quantitative estimate of drug-likeness (QED) is 0.158. The van der Waals surface area contributed by atoms with Gasteiger partial charge >= 0.3 is 5.97 Å². The van der Waals surface area contributed by atoms with Crippen LogP contribution in [0.1, 0.15) is 73.1 Å². The summed E-state index contributed by atoms with van der Waals surface area (Å²) in [5, 5.41) is 2.95. The molecular weight excluding hydrogens is 450 g/mol. The number of carbonyl (C=O) groups excluding carboxylic acids is 2. The summed E-state index contributed by atoms with van der Waals surface area (Å²) >= 11 is 0. The monoisotopic (exact) mass is 495 g/mol. The molecule has 1 aliphatic heterocycles. The van der Waals surface area contributed by atoms with Crippen molar-refractivity contribution in [2.24, 2.45) is 0 Å². The van der Waals surface area contributed by atoms with Crippen LogP contribution < -0.4 is 5.32 Å². The number of allylic oxidation sites excluding steroid dienone is 1. The molecule has 1 saturated heterocycles. The molecule has 0 spiro atoms. The van der Waals surface area contributed by atoms with Crippen molar-refractivity contribution in [3.05, 3.63) is 25.3 Å². The Morgan fingerprint density at radius 3 is 2.32 bits per heavy atom. The average Bonchev–Trinajstić information content (AvgIpc) is 3.12. The van der Waals surface area contributed by atoms with Crippen LogP contribution in [-0.4, -0.2) is 56.4 Å². The number of esters is 1. The molecule has 8 heteroatoms. The van der Waals surface area contributed by atoms with Crippen molar-refractivity contribution < 1.29 is 28.2 Å². The standard InChI is InChI=1S/C26H45NO6Si/c1-8-13-14-15-16-22(28)30-20-18-26(24(29)27-17-9-2,33-34(10-3,11-4)12-5)19-21-23(20)32-25(6,7)31-21/h8-9,20-21,23H,1-2,10-19H2,3-7H3,(H,27,29)/t20?,21-,23+,26-/m1/s1. The van der Waals surface area contributed by atoms with Crippen LogP contribution in [0.3, 0.4) is 0 Å². The predicted molar refractivity (Wildman–Crippen MR) is 136 cm³/mol. The van der Waals surface area contributed by atoms with Gasteiger partial charge in [-0.2, -0.15) is 0 Å². The molecule has 1 heterocycles. The van der Waals surface area contributed by atoms with E-state index in [1.54, 1.807) is 6.08 Å². The van der Waals surface area contributed by atoms with Crippen molar-refractivity contribution in [1.29, 1.82) is 0 Å². The van der Waals surface area contributed by atoms with Gasteiger partial charge in [0.05, 0.1) is 6.10 Å². The molecule has 1 saturated carbocycles. The third-order valence-electron chi connectivity index (χ3n) is 7.14. The van der Waals surface area contributed by atoms with E-state index in [2.05, 4.69) is 39.2 Å². The van der Waals surface area contributed by atoms with E-state index in [0.29, 0.717) is 19.4 Å². The molecule has 0 aromatic rings. The van der Waals surface area contributed by atoms with Gasteiger partial charge in [0.25, 0.3) is 5.91 Å². The fourth-order valence-corrected chi connectivity index (χ4v) is 8.12. The summed E-state index contributed by atoms with van der Waals surface area (Å²) in [6.07, 6.45) is 5.46. The molecule has 0 radical (unpaired) electrons. The van der Waals surface area contributed by atoms with Crippen LogP contribution in [0.5, 0.6) is 0 Å². The molecule has 0 bridgehead atoms. The lowest BCUT2D eigenvalue weighted by Crippen LogP contribution is -2.63. The van der Waals surface area contributed by atoms with Gasteiger partial charge in [-0.1, -0.05) is 32.9 Å². The van der Waals surface area contributed by atoms with Gasteiger partial charge in [0.15, 0.2) is 14.1 Å². The summed E-state index contributed by atoms with van der Waals surface area (Å²) in [7, 11) is -2.19. The number of amides is 1. The van der Waals surface area contributed by atoms with Crippen LogP contribution in [0.4, 0.5) is 0 Å². The van der Waals surface area contributed by atoms with Crippen LogP contribution in [0.2, 0.25) is 18.1 Å². The van der Waals surface area contributed by atoms with Crippen molar-refractivity contribution >= 4 is 20.2 Å². The zero-order valence-electron chi connectivity index (χ0n) is 21.8. The first-order valence-corrected chi connectivity index (χ1v) is 15.4. The first kappa shape index (κ1) is 28.8. The van der Waals surface area contributed by atoms with Crippen LogP contribution >= 0.6 is 0 Å². The van der Waals surface area contributed by atoms with Gasteiger partial charge in [-0.3, -0.25) is 9.59 Å². The third-order valence-corrected chi connectivity index (χ3v) is 11.8. The van der Waals surface area contributed by atoms with E-state index >= 15 is 0 Å². The highest BCUT2D eigenvalue weighted by atomic mass is 28.4. The number of nitrogens with one attached hydrogen (secondary N) is 1. The Bertz CT molecular complexity index is 714. The summed E-state index contributed by atoms with van der Waals surface area (Å²) in [6.45, 7) is 17.9. The van der Waals surface area contributed by atoms with Gasteiger partial charge in [-0.05, 0) is 51.2 Å². The minimum absolute atomic E-state index is 0.196. The summed E-state index contributed by atoms with van der Waals surface area (Å²) in [5.74, 6) is -1.31. The molecular formula is C26H45NO6Si. The van der Waals surface area contributed by atoms with E-state index in [4.69, 9.17) is 18.6 Å². The molecule has 0 aromatic carbocycles. The minimum Gasteiger partial charge on any atom is -0.459 e. The Labute approximate surface area is 206 Å². The van der Waals surface area contributed by atoms with E-state index < -0.39 is 38.0 Å². The predicted octanol–water partition coefficient (Wildman–Crippen LogP) is 5.02. The highest BCUT2D eigenvalue weighted by molar-refractivity contribution is 6.73. The lowest BCUT2D eigenvalue weighted by atomic mass is 9.79. The van der Waals surface area contributed by atoms with Crippen molar-refractivity contribution in [2.75, 3.05) is 6.54 Å². The van der Waals surface area contributed by atoms with Crippen LogP contribution in [0.15, 0.2) is 25.3 Å². The Kier molecular flexibility index (Phi) is 10.5. The topological polar surface area (TPSA) is 83.1 Å². The second kappa shape index (κ2) is 12.5. The second-order valence-electron chi connectivity index (χ2n) is 9.95. The Balaban J connectivity index is 2.36. The number of fused-ring (bicyclic) bond motifs is 1. The van der Waals surface area contributed by atoms with Crippen LogP contribution in [-0.2, 0) is 28.2 Å². The maximum Gasteiger partial charge on any atom is 0.306 e. The maximum atomic E-state index is 13.6. The highest BCUT2D eigenvalue weighted by Gasteiger charge is 2.60. The van der Waals surface area contributed by atoms with E-state index in [1.165, 1.54) is 0 Å². The number of unbranched alkanes of at least 4 members (excludes halogenated alkanes) is 2. The third kappa shape index (κ3) is 7.03. The van der Waals surface area contributed by atoms with Crippen LogP contribution in [0, 0.1) is 0 Å². The maximum absolute atomic E-state index is 13.6. The van der Waals surface area contributed by atoms with E-state index in [-0.39, 0.29) is 18.3 Å². The lowest BCUT2D eigenvalue weighted by molar-refractivity contribution is -0.178. The van der Waals surface area contributed by atoms with Gasteiger partial charge in [-0.15, -0.1) is 13.2 Å². The average molecular weight is 496 g/mol. The van der Waals surface area contributed by atoms with Gasteiger partial charge in [0.2, 0.25) is 0 Å². The Hall–Kier alpha value is -1.48. The van der Waals surface area contributed by atoms with E-state index in [9.17, 15) is 9.59 Å². The molecule has 2 aliphatic rings. The first-order chi connectivity index (χ1) is 16.1. The number of rotatable bonds is 14. The van der Waals surface area contributed by atoms with Gasteiger partial charge < -0.3 is 24.0 Å². The minimum atomic E-state index is -2.19. The Morgan fingerprint density at radius 1 is 1.06 bits per heavy atom. The summed E-state index contributed by atoms with van der Waals surface area (Å²) < 4.78 is 25.3. The molecule has 1 unspecified atom stereocenters. The summed E-state index contributed by atoms with van der Waals surface area (Å²) in [6, 6.07) is 2.71. The fraction of sp³-hybridized carbons (Fsp3) is 0.769. The van der Waals surface area contributed by atoms with Gasteiger partial charge in [-0.25, -0.2) is 0 Å². The number of ether oxygens (including phenoxy) is 3. The largest absolute Gasteiger partial charge is 0.459 e. The van der Waals surface area contributed by atoms with Crippen molar-refractivity contribution in [1.82, 2.24) is 5.32 Å². The lowest BCUT2D eigenvalue weighted by Gasteiger charge is -2.47. The SMILES string of the molecule is C=CCCCCC(=O)OC1C[C@](O[Si](CC)(CC)CC)(C(=O)NCC=C)C[C@H]2OC(C)(C)O[C@@H]12. The molecule has 1 N–H and O–H groups in total. The van der Waals surface area contributed by atoms with Gasteiger partial charge in [0.1, 0.15) is 17.8 Å². The molecule has 1 aliphatic carbocycles. The molecule has 7 nitrogen and oxygen atoms in total. The first-order valence-electron chi connectivity index (χ1n) is 12.8. The highest BCUT2D eigenvalue weighted by Crippen LogP contribution is 2.46. The van der Waals surface area contributed by atoms with E-state index in [0.717, 1.165) is 37.4 Å². The molecule has 194 valence electrons. The zero-order chi connectivity index (χ0) is 25.4. The Morgan fingerprint density at radius 2 is 1.74 bits per heavy atom. The number of carbonyl (C=O) groups is 2.